The van der Waals surface area contributed by atoms with Gasteiger partial charge in [-0.1, -0.05) is 6.42 Å². The number of nitrogens with zero attached hydrogens (tertiary/aromatic N) is 3. The summed E-state index contributed by atoms with van der Waals surface area (Å²) in [5.74, 6) is 3.29. The van der Waals surface area contributed by atoms with Gasteiger partial charge >= 0.3 is 0 Å². The maximum Gasteiger partial charge on any atom is 0.163 e. The van der Waals surface area contributed by atoms with Crippen LogP contribution in [0.1, 0.15) is 42.6 Å². The molecule has 0 aromatic carbocycles. The van der Waals surface area contributed by atoms with E-state index in [4.69, 9.17) is 0 Å². The molecule has 3 heterocycles. The van der Waals surface area contributed by atoms with Crippen molar-refractivity contribution < 1.29 is 5.11 Å². The van der Waals surface area contributed by atoms with Crippen LogP contribution in [-0.4, -0.2) is 31.7 Å². The van der Waals surface area contributed by atoms with Crippen LogP contribution in [0.4, 0.5) is 0 Å². The average molecular weight is 239 g/mol. The Morgan fingerprint density at radius 2 is 2.25 bits per heavy atom. The zero-order valence-electron chi connectivity index (χ0n) is 9.30. The zero-order valence-corrected chi connectivity index (χ0v) is 10.1. The Labute approximate surface area is 99.4 Å². The number of aromatic nitrogens is 3. The van der Waals surface area contributed by atoms with Gasteiger partial charge in [0.2, 0.25) is 0 Å². The van der Waals surface area contributed by atoms with E-state index in [1.54, 1.807) is 0 Å². The van der Waals surface area contributed by atoms with Crippen LogP contribution in [0.2, 0.25) is 0 Å². The lowest BCUT2D eigenvalue weighted by Gasteiger charge is -2.18. The molecule has 16 heavy (non-hydrogen) atoms. The Kier molecular flexibility index (Phi) is 2.90. The highest BCUT2D eigenvalue weighted by atomic mass is 32.2. The molecule has 2 atom stereocenters. The minimum atomic E-state index is -0.235. The minimum Gasteiger partial charge on any atom is -0.391 e. The van der Waals surface area contributed by atoms with E-state index < -0.39 is 0 Å². The number of hydrogen-bond donors (Lipinski definition) is 1. The number of aliphatic hydroxyl groups excluding tert-OH is 1. The van der Waals surface area contributed by atoms with Crippen molar-refractivity contribution in [3.8, 4) is 0 Å². The van der Waals surface area contributed by atoms with Crippen molar-refractivity contribution in [1.29, 1.82) is 0 Å². The number of thioether (sulfide) groups is 1. The summed E-state index contributed by atoms with van der Waals surface area (Å²) < 4.78 is 1.90. The molecule has 1 aromatic heterocycles. The van der Waals surface area contributed by atoms with E-state index in [0.717, 1.165) is 24.5 Å². The quantitative estimate of drug-likeness (QED) is 0.807. The smallest absolute Gasteiger partial charge is 0.163 e. The van der Waals surface area contributed by atoms with Gasteiger partial charge in [-0.15, -0.1) is 0 Å². The van der Waals surface area contributed by atoms with Gasteiger partial charge in [0.15, 0.2) is 5.82 Å². The third kappa shape index (κ3) is 1.98. The molecule has 1 saturated heterocycles. The summed E-state index contributed by atoms with van der Waals surface area (Å²) in [6.07, 6.45) is 5.29. The van der Waals surface area contributed by atoms with Crippen LogP contribution in [-0.2, 0) is 13.0 Å². The van der Waals surface area contributed by atoms with E-state index in [-0.39, 0.29) is 6.10 Å². The lowest BCUT2D eigenvalue weighted by molar-refractivity contribution is 0.124. The summed E-state index contributed by atoms with van der Waals surface area (Å²) in [6.45, 7) is 0.625. The number of aliphatic hydroxyl groups is 1. The highest BCUT2D eigenvalue weighted by Crippen LogP contribution is 2.36. The van der Waals surface area contributed by atoms with E-state index in [1.807, 2.05) is 16.4 Å². The van der Waals surface area contributed by atoms with Crippen LogP contribution in [0.15, 0.2) is 0 Å². The molecular weight excluding hydrogens is 222 g/mol. The lowest BCUT2D eigenvalue weighted by atomic mass is 10.1. The fourth-order valence-corrected chi connectivity index (χ4v) is 3.63. The standard InChI is InChI=1S/C11H17N3OS/c15-8-4-5-10-12-11(13-14(10)7-8)9-3-1-2-6-16-9/h8-9,15H,1-7H2. The minimum absolute atomic E-state index is 0.235. The molecule has 0 radical (unpaired) electrons. The molecule has 4 nitrogen and oxygen atoms in total. The van der Waals surface area contributed by atoms with E-state index in [9.17, 15) is 5.11 Å². The van der Waals surface area contributed by atoms with Gasteiger partial charge < -0.3 is 5.11 Å². The highest BCUT2D eigenvalue weighted by molar-refractivity contribution is 7.99. The molecule has 2 unspecified atom stereocenters. The first-order valence-electron chi connectivity index (χ1n) is 6.06. The Morgan fingerprint density at radius 3 is 3.06 bits per heavy atom. The number of aryl methyl sites for hydroxylation is 1. The van der Waals surface area contributed by atoms with Crippen LogP contribution < -0.4 is 0 Å². The van der Waals surface area contributed by atoms with Gasteiger partial charge in [0.25, 0.3) is 0 Å². The lowest BCUT2D eigenvalue weighted by Crippen LogP contribution is -2.25. The maximum absolute atomic E-state index is 9.58. The van der Waals surface area contributed by atoms with Crippen molar-refractivity contribution in [3.63, 3.8) is 0 Å². The monoisotopic (exact) mass is 239 g/mol. The van der Waals surface area contributed by atoms with Crippen molar-refractivity contribution in [2.45, 2.75) is 50.0 Å². The van der Waals surface area contributed by atoms with Gasteiger partial charge in [0, 0.05) is 6.42 Å². The topological polar surface area (TPSA) is 50.9 Å². The molecule has 0 spiro atoms. The zero-order chi connectivity index (χ0) is 11.0. The fraction of sp³-hybridized carbons (Fsp3) is 0.818. The van der Waals surface area contributed by atoms with Crippen LogP contribution in [0.3, 0.4) is 0 Å². The Hall–Kier alpha value is -0.550. The first-order valence-corrected chi connectivity index (χ1v) is 7.11. The molecule has 0 amide bonds. The van der Waals surface area contributed by atoms with E-state index >= 15 is 0 Å². The van der Waals surface area contributed by atoms with Crippen molar-refractivity contribution in [2.75, 3.05) is 5.75 Å². The fourth-order valence-electron chi connectivity index (χ4n) is 2.39. The molecule has 2 aliphatic heterocycles. The Bertz CT molecular complexity index is 373. The van der Waals surface area contributed by atoms with Crippen LogP contribution in [0, 0.1) is 0 Å². The largest absolute Gasteiger partial charge is 0.391 e. The summed E-state index contributed by atoms with van der Waals surface area (Å²) in [5.41, 5.74) is 0. The summed E-state index contributed by atoms with van der Waals surface area (Å²) >= 11 is 1.98. The van der Waals surface area contributed by atoms with E-state index in [0.29, 0.717) is 11.8 Å². The number of rotatable bonds is 1. The molecule has 1 aromatic rings. The molecule has 1 N–H and O–H groups in total. The molecule has 0 saturated carbocycles. The second-order valence-electron chi connectivity index (χ2n) is 4.62. The van der Waals surface area contributed by atoms with Crippen molar-refractivity contribution in [1.82, 2.24) is 14.8 Å². The Morgan fingerprint density at radius 1 is 1.31 bits per heavy atom. The summed E-state index contributed by atoms with van der Waals surface area (Å²) in [4.78, 5) is 4.63. The molecule has 2 aliphatic rings. The van der Waals surface area contributed by atoms with Gasteiger partial charge in [-0.3, -0.25) is 0 Å². The summed E-state index contributed by atoms with van der Waals surface area (Å²) in [7, 11) is 0. The molecule has 3 rings (SSSR count). The SMILES string of the molecule is OC1CCc2nc(C3CCCCS3)nn2C1. The van der Waals surface area contributed by atoms with E-state index in [2.05, 4.69) is 10.1 Å². The molecule has 0 aliphatic carbocycles. The summed E-state index contributed by atoms with van der Waals surface area (Å²) in [6, 6.07) is 0. The van der Waals surface area contributed by atoms with Gasteiger partial charge in [0.05, 0.1) is 17.9 Å². The van der Waals surface area contributed by atoms with Crippen LogP contribution in [0.25, 0.3) is 0 Å². The molecule has 1 fully saturated rings. The maximum atomic E-state index is 9.58. The molecule has 0 bridgehead atoms. The second-order valence-corrected chi connectivity index (χ2v) is 5.93. The van der Waals surface area contributed by atoms with Crippen molar-refractivity contribution >= 4 is 11.8 Å². The predicted octanol–water partition coefficient (Wildman–Crippen LogP) is 1.54. The second kappa shape index (κ2) is 4.37. The average Bonchev–Trinajstić information content (AvgIpc) is 2.73. The van der Waals surface area contributed by atoms with Crippen molar-refractivity contribution in [2.24, 2.45) is 0 Å². The Balaban J connectivity index is 1.80. The summed E-state index contributed by atoms with van der Waals surface area (Å²) in [5, 5.41) is 14.6. The van der Waals surface area contributed by atoms with Gasteiger partial charge in [-0.25, -0.2) is 9.67 Å². The first-order chi connectivity index (χ1) is 7.83. The first kappa shape index (κ1) is 10.6. The van der Waals surface area contributed by atoms with Crippen molar-refractivity contribution in [3.05, 3.63) is 11.6 Å². The van der Waals surface area contributed by atoms with Gasteiger partial charge in [-0.05, 0) is 25.0 Å². The van der Waals surface area contributed by atoms with Crippen LogP contribution in [0.5, 0.6) is 0 Å². The van der Waals surface area contributed by atoms with E-state index in [1.165, 1.54) is 25.0 Å². The van der Waals surface area contributed by atoms with Gasteiger partial charge in [-0.2, -0.15) is 16.9 Å². The normalized spacial score (nSPS) is 30.1. The number of hydrogen-bond acceptors (Lipinski definition) is 4. The van der Waals surface area contributed by atoms with Crippen LogP contribution >= 0.6 is 11.8 Å². The third-order valence-electron chi connectivity index (χ3n) is 3.32. The van der Waals surface area contributed by atoms with Gasteiger partial charge in [0.1, 0.15) is 5.82 Å². The predicted molar refractivity (Wildman–Crippen MR) is 63.4 cm³/mol. The third-order valence-corrected chi connectivity index (χ3v) is 4.69. The molecule has 5 heteroatoms. The number of fused-ring (bicyclic) bond motifs is 1. The highest BCUT2D eigenvalue weighted by Gasteiger charge is 2.25. The molecule has 88 valence electrons. The molecular formula is C11H17N3OS.